The molecule has 1 N–H and O–H groups in total. The summed E-state index contributed by atoms with van der Waals surface area (Å²) in [4.78, 5) is 43.7. The van der Waals surface area contributed by atoms with Crippen LogP contribution in [0, 0.1) is 11.8 Å². The summed E-state index contributed by atoms with van der Waals surface area (Å²) in [6.07, 6.45) is 8.59. The molecule has 1 aliphatic rings. The molecule has 2 aromatic rings. The van der Waals surface area contributed by atoms with Gasteiger partial charge in [0.05, 0.1) is 6.33 Å². The summed E-state index contributed by atoms with van der Waals surface area (Å²) in [5, 5.41) is 3.06. The fourth-order valence-electron chi connectivity index (χ4n) is 4.39. The Kier molecular flexibility index (Phi) is 7.73. The van der Waals surface area contributed by atoms with E-state index in [4.69, 9.17) is 0 Å². The standard InChI is InChI=1S/C23H37N5O3/c1-5-6-12-27-21-20(26(15-24-21)13-11-16(2)3)22(30)28(23(27)31)14-19(29)25-18-10-8-7-9-17(18)4/h15-18H,5-14H2,1-4H3,(H,25,29)/t17-,18-/m0/s1. The van der Waals surface area contributed by atoms with Gasteiger partial charge in [0.1, 0.15) is 6.54 Å². The van der Waals surface area contributed by atoms with Crippen LogP contribution in [0.15, 0.2) is 15.9 Å². The second kappa shape index (κ2) is 10.3. The number of aryl methyl sites for hydroxylation is 2. The van der Waals surface area contributed by atoms with Crippen molar-refractivity contribution in [3.05, 3.63) is 27.2 Å². The Morgan fingerprint density at radius 3 is 2.61 bits per heavy atom. The fourth-order valence-corrected chi connectivity index (χ4v) is 4.39. The molecule has 2 aromatic heterocycles. The van der Waals surface area contributed by atoms with Gasteiger partial charge in [-0.3, -0.25) is 14.2 Å². The molecular formula is C23H37N5O3. The molecule has 172 valence electrons. The van der Waals surface area contributed by atoms with E-state index in [1.165, 1.54) is 6.42 Å². The van der Waals surface area contributed by atoms with E-state index in [-0.39, 0.29) is 18.5 Å². The summed E-state index contributed by atoms with van der Waals surface area (Å²) in [5.41, 5.74) is -0.0484. The number of unbranched alkanes of at least 4 members (excludes halogenated alkanes) is 1. The third-order valence-electron chi connectivity index (χ3n) is 6.43. The van der Waals surface area contributed by atoms with E-state index in [1.807, 2.05) is 4.57 Å². The van der Waals surface area contributed by atoms with Crippen LogP contribution in [0.5, 0.6) is 0 Å². The molecule has 1 saturated carbocycles. The summed E-state index contributed by atoms with van der Waals surface area (Å²) in [5.74, 6) is 0.622. The summed E-state index contributed by atoms with van der Waals surface area (Å²) in [7, 11) is 0. The summed E-state index contributed by atoms with van der Waals surface area (Å²) >= 11 is 0. The Morgan fingerprint density at radius 1 is 1.19 bits per heavy atom. The number of rotatable bonds is 9. The lowest BCUT2D eigenvalue weighted by atomic mass is 9.86. The molecule has 2 heterocycles. The number of nitrogens with one attached hydrogen (secondary N) is 1. The molecule has 1 amide bonds. The number of imidazole rings is 1. The van der Waals surface area contributed by atoms with E-state index < -0.39 is 11.2 Å². The molecule has 0 aliphatic heterocycles. The van der Waals surface area contributed by atoms with Crippen molar-refractivity contribution in [2.45, 2.75) is 98.3 Å². The highest BCUT2D eigenvalue weighted by Crippen LogP contribution is 2.23. The second-order valence-electron chi connectivity index (χ2n) is 9.41. The smallest absolute Gasteiger partial charge is 0.333 e. The zero-order valence-corrected chi connectivity index (χ0v) is 19.4. The SMILES string of the molecule is CCCCn1c(=O)n(CC(=O)N[C@H]2CCCC[C@@H]2C)c(=O)c2c1ncn2CCC(C)C. The molecule has 0 saturated heterocycles. The molecule has 0 bridgehead atoms. The lowest BCUT2D eigenvalue weighted by Gasteiger charge is -2.29. The van der Waals surface area contributed by atoms with Crippen LogP contribution in [-0.2, 0) is 24.4 Å². The van der Waals surface area contributed by atoms with Crippen molar-refractivity contribution in [3.8, 4) is 0 Å². The quantitative estimate of drug-likeness (QED) is 0.661. The van der Waals surface area contributed by atoms with Gasteiger partial charge in [-0.15, -0.1) is 0 Å². The summed E-state index contributed by atoms with van der Waals surface area (Å²) in [6.45, 7) is 9.34. The lowest BCUT2D eigenvalue weighted by molar-refractivity contribution is -0.123. The summed E-state index contributed by atoms with van der Waals surface area (Å²) in [6, 6.07) is 0.111. The van der Waals surface area contributed by atoms with Crippen molar-refractivity contribution in [3.63, 3.8) is 0 Å². The largest absolute Gasteiger partial charge is 0.352 e. The number of carbonyl (C=O) groups excluding carboxylic acids is 1. The van der Waals surface area contributed by atoms with E-state index in [1.54, 1.807) is 10.9 Å². The third kappa shape index (κ3) is 5.28. The number of hydrogen-bond donors (Lipinski definition) is 1. The van der Waals surface area contributed by atoms with Crippen molar-refractivity contribution in [2.24, 2.45) is 11.8 Å². The first kappa shape index (κ1) is 23.3. The third-order valence-corrected chi connectivity index (χ3v) is 6.43. The van der Waals surface area contributed by atoms with Gasteiger partial charge in [0.2, 0.25) is 5.91 Å². The first-order valence-electron chi connectivity index (χ1n) is 11.8. The molecule has 0 aromatic carbocycles. The molecule has 8 nitrogen and oxygen atoms in total. The first-order chi connectivity index (χ1) is 14.8. The van der Waals surface area contributed by atoms with Gasteiger partial charge >= 0.3 is 5.69 Å². The Bertz CT molecular complexity index is 1020. The minimum absolute atomic E-state index is 0.111. The van der Waals surface area contributed by atoms with E-state index in [9.17, 15) is 14.4 Å². The summed E-state index contributed by atoms with van der Waals surface area (Å²) < 4.78 is 4.48. The van der Waals surface area contributed by atoms with Gasteiger partial charge < -0.3 is 9.88 Å². The van der Waals surface area contributed by atoms with Gasteiger partial charge in [-0.05, 0) is 37.5 Å². The van der Waals surface area contributed by atoms with Crippen LogP contribution in [0.3, 0.4) is 0 Å². The van der Waals surface area contributed by atoms with Crippen LogP contribution in [0.25, 0.3) is 11.2 Å². The van der Waals surface area contributed by atoms with E-state index >= 15 is 0 Å². The molecule has 31 heavy (non-hydrogen) atoms. The fraction of sp³-hybridized carbons (Fsp3) is 0.739. The number of hydrogen-bond acceptors (Lipinski definition) is 4. The normalized spacial score (nSPS) is 19.3. The van der Waals surface area contributed by atoms with Gasteiger partial charge in [0, 0.05) is 19.1 Å². The van der Waals surface area contributed by atoms with Crippen molar-refractivity contribution < 1.29 is 4.79 Å². The number of amides is 1. The van der Waals surface area contributed by atoms with Crippen LogP contribution in [0.2, 0.25) is 0 Å². The Hall–Kier alpha value is -2.38. The van der Waals surface area contributed by atoms with Gasteiger partial charge in [0.15, 0.2) is 11.2 Å². The van der Waals surface area contributed by atoms with Gasteiger partial charge in [-0.1, -0.05) is 47.0 Å². The Balaban J connectivity index is 1.96. The molecule has 0 radical (unpaired) electrons. The topological polar surface area (TPSA) is 90.9 Å². The van der Waals surface area contributed by atoms with Crippen molar-refractivity contribution >= 4 is 17.1 Å². The maximum atomic E-state index is 13.3. The minimum Gasteiger partial charge on any atom is -0.352 e. The van der Waals surface area contributed by atoms with Crippen LogP contribution in [-0.4, -0.2) is 30.6 Å². The maximum absolute atomic E-state index is 13.3. The number of aromatic nitrogens is 4. The first-order valence-corrected chi connectivity index (χ1v) is 11.8. The molecule has 0 spiro atoms. The average Bonchev–Trinajstić information content (AvgIpc) is 3.15. The maximum Gasteiger partial charge on any atom is 0.333 e. The molecule has 2 atom stereocenters. The molecule has 0 unspecified atom stereocenters. The van der Waals surface area contributed by atoms with Crippen molar-refractivity contribution in [2.75, 3.05) is 0 Å². The van der Waals surface area contributed by atoms with Gasteiger partial charge in [-0.2, -0.15) is 0 Å². The van der Waals surface area contributed by atoms with E-state index in [0.717, 1.165) is 43.1 Å². The highest BCUT2D eigenvalue weighted by atomic mass is 16.2. The van der Waals surface area contributed by atoms with E-state index in [2.05, 4.69) is 38.0 Å². The predicted molar refractivity (Wildman–Crippen MR) is 122 cm³/mol. The zero-order chi connectivity index (χ0) is 22.5. The Morgan fingerprint density at radius 2 is 1.94 bits per heavy atom. The predicted octanol–water partition coefficient (Wildman–Crippen LogP) is 2.90. The lowest BCUT2D eigenvalue weighted by Crippen LogP contribution is -2.47. The molecular weight excluding hydrogens is 394 g/mol. The minimum atomic E-state index is -0.452. The number of nitrogens with zero attached hydrogens (tertiary/aromatic N) is 4. The van der Waals surface area contributed by atoms with Crippen LogP contribution in [0.4, 0.5) is 0 Å². The zero-order valence-electron chi connectivity index (χ0n) is 19.4. The Labute approximate surface area is 183 Å². The van der Waals surface area contributed by atoms with Crippen LogP contribution in [0.1, 0.15) is 72.6 Å². The highest BCUT2D eigenvalue weighted by molar-refractivity contribution is 5.77. The van der Waals surface area contributed by atoms with E-state index in [0.29, 0.717) is 36.1 Å². The monoisotopic (exact) mass is 431 g/mol. The van der Waals surface area contributed by atoms with Crippen molar-refractivity contribution in [1.29, 1.82) is 0 Å². The van der Waals surface area contributed by atoms with Gasteiger partial charge in [-0.25, -0.2) is 14.3 Å². The average molecular weight is 432 g/mol. The molecule has 3 rings (SSSR count). The van der Waals surface area contributed by atoms with Crippen molar-refractivity contribution in [1.82, 2.24) is 24.0 Å². The number of carbonyl (C=O) groups is 1. The molecule has 1 aliphatic carbocycles. The molecule has 1 fully saturated rings. The van der Waals surface area contributed by atoms with Gasteiger partial charge in [0.25, 0.3) is 5.56 Å². The van der Waals surface area contributed by atoms with Crippen LogP contribution < -0.4 is 16.6 Å². The molecule has 8 heteroatoms. The highest BCUT2D eigenvalue weighted by Gasteiger charge is 2.24. The van der Waals surface area contributed by atoms with Crippen LogP contribution >= 0.6 is 0 Å². The number of fused-ring (bicyclic) bond motifs is 1. The second-order valence-corrected chi connectivity index (χ2v) is 9.41.